The van der Waals surface area contributed by atoms with Gasteiger partial charge in [-0.25, -0.2) is 0 Å². The lowest BCUT2D eigenvalue weighted by Crippen LogP contribution is -2.15. The molecule has 0 atom stereocenters. The van der Waals surface area contributed by atoms with Crippen molar-refractivity contribution in [3.63, 3.8) is 0 Å². The highest BCUT2D eigenvalue weighted by Crippen LogP contribution is 2.35. The highest BCUT2D eigenvalue weighted by molar-refractivity contribution is 6.31. The fourth-order valence-corrected chi connectivity index (χ4v) is 2.71. The van der Waals surface area contributed by atoms with Gasteiger partial charge in [-0.3, -0.25) is 0 Å². The van der Waals surface area contributed by atoms with Crippen molar-refractivity contribution in [2.45, 2.75) is 13.5 Å². The van der Waals surface area contributed by atoms with E-state index < -0.39 is 0 Å². The second-order valence-corrected chi connectivity index (χ2v) is 5.65. The van der Waals surface area contributed by atoms with Crippen molar-refractivity contribution in [1.82, 2.24) is 0 Å². The molecule has 5 nitrogen and oxygen atoms in total. The fourth-order valence-electron chi connectivity index (χ4n) is 2.49. The number of hydrogen-bond donors (Lipinski definition) is 1. The molecule has 0 fully saturated rings. The Balaban J connectivity index is 1.74. The molecule has 0 bridgehead atoms. The molecule has 0 radical (unpaired) electrons. The minimum absolute atomic E-state index is 0.557. The molecule has 0 saturated heterocycles. The summed E-state index contributed by atoms with van der Waals surface area (Å²) in [5, 5.41) is 3.97. The molecule has 1 N–H and O–H groups in total. The molecule has 0 unspecified atom stereocenters. The number of methoxy groups -OCH3 is 1. The van der Waals surface area contributed by atoms with Gasteiger partial charge in [0.1, 0.15) is 13.2 Å². The van der Waals surface area contributed by atoms with E-state index in [2.05, 4.69) is 5.32 Å². The lowest BCUT2D eigenvalue weighted by Gasteiger charge is -2.19. The summed E-state index contributed by atoms with van der Waals surface area (Å²) in [6.07, 6.45) is 0. The van der Waals surface area contributed by atoms with Crippen LogP contribution in [0.15, 0.2) is 30.3 Å². The molecule has 6 heteroatoms. The van der Waals surface area contributed by atoms with Crippen LogP contribution in [0.4, 0.5) is 5.69 Å². The summed E-state index contributed by atoms with van der Waals surface area (Å²) in [4.78, 5) is 0. The molecule has 128 valence electrons. The Morgan fingerprint density at radius 1 is 1.08 bits per heavy atom. The normalized spacial score (nSPS) is 12.6. The third kappa shape index (κ3) is 3.62. The molecular formula is C18H20ClNO4. The highest BCUT2D eigenvalue weighted by Gasteiger charge is 2.13. The van der Waals surface area contributed by atoms with E-state index in [0.717, 1.165) is 22.7 Å². The SMILES string of the molecule is CCOc1cc(Cl)c(CNc2ccc3c(c2)OCCO3)cc1OC. The van der Waals surface area contributed by atoms with Crippen molar-refractivity contribution >= 4 is 17.3 Å². The fraction of sp³-hybridized carbons (Fsp3) is 0.333. The largest absolute Gasteiger partial charge is 0.493 e. The number of ether oxygens (including phenoxy) is 4. The zero-order valence-electron chi connectivity index (χ0n) is 13.7. The average molecular weight is 350 g/mol. The summed E-state index contributed by atoms with van der Waals surface area (Å²) in [5.41, 5.74) is 1.86. The van der Waals surface area contributed by atoms with Crippen LogP contribution in [0, 0.1) is 0 Å². The first-order valence-electron chi connectivity index (χ1n) is 7.84. The highest BCUT2D eigenvalue weighted by atomic mass is 35.5. The lowest BCUT2D eigenvalue weighted by atomic mass is 10.2. The van der Waals surface area contributed by atoms with E-state index in [1.165, 1.54) is 0 Å². The first-order chi connectivity index (χ1) is 11.7. The minimum Gasteiger partial charge on any atom is -0.493 e. The molecule has 0 aromatic heterocycles. The average Bonchev–Trinajstić information content (AvgIpc) is 2.61. The zero-order chi connectivity index (χ0) is 16.9. The Morgan fingerprint density at radius 3 is 2.62 bits per heavy atom. The molecule has 0 spiro atoms. The smallest absolute Gasteiger partial charge is 0.163 e. The van der Waals surface area contributed by atoms with E-state index in [-0.39, 0.29) is 0 Å². The number of nitrogens with one attached hydrogen (secondary N) is 1. The van der Waals surface area contributed by atoms with Crippen molar-refractivity contribution in [3.05, 3.63) is 40.9 Å². The van der Waals surface area contributed by atoms with Crippen molar-refractivity contribution in [2.75, 3.05) is 32.2 Å². The molecule has 2 aromatic carbocycles. The van der Waals surface area contributed by atoms with Gasteiger partial charge in [-0.1, -0.05) is 11.6 Å². The maximum absolute atomic E-state index is 6.36. The molecular weight excluding hydrogens is 330 g/mol. The van der Waals surface area contributed by atoms with E-state index in [1.54, 1.807) is 13.2 Å². The molecule has 0 amide bonds. The van der Waals surface area contributed by atoms with Gasteiger partial charge in [0.25, 0.3) is 0 Å². The maximum Gasteiger partial charge on any atom is 0.163 e. The predicted octanol–water partition coefficient (Wildman–Crippen LogP) is 4.13. The minimum atomic E-state index is 0.557. The quantitative estimate of drug-likeness (QED) is 0.849. The van der Waals surface area contributed by atoms with Crippen molar-refractivity contribution in [2.24, 2.45) is 0 Å². The summed E-state index contributed by atoms with van der Waals surface area (Å²) in [6, 6.07) is 9.45. The van der Waals surface area contributed by atoms with Crippen LogP contribution < -0.4 is 24.3 Å². The van der Waals surface area contributed by atoms with Gasteiger partial charge >= 0.3 is 0 Å². The first kappa shape index (κ1) is 16.6. The summed E-state index contributed by atoms with van der Waals surface area (Å²) in [5.74, 6) is 2.84. The number of fused-ring (bicyclic) bond motifs is 1. The van der Waals surface area contributed by atoms with E-state index in [4.69, 9.17) is 30.5 Å². The summed E-state index contributed by atoms with van der Waals surface area (Å²) in [7, 11) is 1.61. The van der Waals surface area contributed by atoms with Crippen molar-refractivity contribution < 1.29 is 18.9 Å². The molecule has 1 heterocycles. The number of rotatable bonds is 6. The lowest BCUT2D eigenvalue weighted by molar-refractivity contribution is 0.171. The van der Waals surface area contributed by atoms with Gasteiger partial charge in [0.05, 0.1) is 13.7 Å². The summed E-state index contributed by atoms with van der Waals surface area (Å²) >= 11 is 6.36. The van der Waals surface area contributed by atoms with Crippen LogP contribution in [0.2, 0.25) is 5.02 Å². The van der Waals surface area contributed by atoms with E-state index >= 15 is 0 Å². The molecule has 3 rings (SSSR count). The van der Waals surface area contributed by atoms with Crippen LogP contribution in [-0.4, -0.2) is 26.9 Å². The summed E-state index contributed by atoms with van der Waals surface area (Å²) in [6.45, 7) is 4.19. The van der Waals surface area contributed by atoms with E-state index in [1.807, 2.05) is 31.2 Å². The van der Waals surface area contributed by atoms with Crippen LogP contribution >= 0.6 is 11.6 Å². The second kappa shape index (κ2) is 7.53. The van der Waals surface area contributed by atoms with Crippen molar-refractivity contribution in [1.29, 1.82) is 0 Å². The van der Waals surface area contributed by atoms with Gasteiger partial charge in [-0.2, -0.15) is 0 Å². The molecule has 2 aromatic rings. The standard InChI is InChI=1S/C18H20ClNO4/c1-3-22-18-10-14(19)12(8-16(18)21-2)11-20-13-4-5-15-17(9-13)24-7-6-23-15/h4-5,8-10,20H,3,6-7,11H2,1-2H3. The van der Waals surface area contributed by atoms with Crippen LogP contribution in [0.5, 0.6) is 23.0 Å². The molecule has 24 heavy (non-hydrogen) atoms. The molecule has 0 aliphatic carbocycles. The van der Waals surface area contributed by atoms with Gasteiger partial charge in [-0.05, 0) is 30.7 Å². The Labute approximate surface area is 146 Å². The van der Waals surface area contributed by atoms with Crippen LogP contribution in [-0.2, 0) is 6.54 Å². The summed E-state index contributed by atoms with van der Waals surface area (Å²) < 4.78 is 22.0. The Kier molecular flexibility index (Phi) is 5.20. The van der Waals surface area contributed by atoms with Gasteiger partial charge in [0, 0.05) is 29.4 Å². The van der Waals surface area contributed by atoms with Gasteiger partial charge in [-0.15, -0.1) is 0 Å². The van der Waals surface area contributed by atoms with Gasteiger partial charge in [0.15, 0.2) is 23.0 Å². The van der Waals surface area contributed by atoms with Crippen LogP contribution in [0.25, 0.3) is 0 Å². The maximum atomic E-state index is 6.36. The van der Waals surface area contributed by atoms with Crippen molar-refractivity contribution in [3.8, 4) is 23.0 Å². The molecule has 1 aliphatic rings. The number of anilines is 1. The Bertz CT molecular complexity index is 720. The third-order valence-corrected chi connectivity index (χ3v) is 4.01. The zero-order valence-corrected chi connectivity index (χ0v) is 14.5. The van der Waals surface area contributed by atoms with Crippen LogP contribution in [0.1, 0.15) is 12.5 Å². The number of hydrogen-bond acceptors (Lipinski definition) is 5. The molecule has 0 saturated carbocycles. The monoisotopic (exact) mass is 349 g/mol. The third-order valence-electron chi connectivity index (χ3n) is 3.66. The first-order valence-corrected chi connectivity index (χ1v) is 8.21. The predicted molar refractivity (Wildman–Crippen MR) is 93.9 cm³/mol. The second-order valence-electron chi connectivity index (χ2n) is 5.24. The number of halogens is 1. The molecule has 1 aliphatic heterocycles. The topological polar surface area (TPSA) is 49.0 Å². The van der Waals surface area contributed by atoms with E-state index in [0.29, 0.717) is 42.9 Å². The van der Waals surface area contributed by atoms with Crippen LogP contribution in [0.3, 0.4) is 0 Å². The van der Waals surface area contributed by atoms with Gasteiger partial charge < -0.3 is 24.3 Å². The van der Waals surface area contributed by atoms with Gasteiger partial charge in [0.2, 0.25) is 0 Å². The number of benzene rings is 2. The Morgan fingerprint density at radius 2 is 1.88 bits per heavy atom. The Hall–Kier alpha value is -2.27. The van der Waals surface area contributed by atoms with E-state index in [9.17, 15) is 0 Å².